The maximum Gasteiger partial charge on any atom is 0.270 e. The molecule has 1 aromatic heterocycles. The van der Waals surface area contributed by atoms with Crippen LogP contribution in [0.15, 0.2) is 24.3 Å². The van der Waals surface area contributed by atoms with Crippen molar-refractivity contribution in [3.8, 4) is 11.5 Å². The minimum atomic E-state index is -0.180. The molecule has 1 saturated carbocycles. The largest absolute Gasteiger partial charge is 0.490 e. The Labute approximate surface area is 209 Å². The zero-order valence-corrected chi connectivity index (χ0v) is 21.5. The third-order valence-electron chi connectivity index (χ3n) is 7.19. The number of amides is 1. The number of ether oxygens (including phenoxy) is 3. The van der Waals surface area contributed by atoms with Crippen molar-refractivity contribution in [2.75, 3.05) is 26.9 Å². The number of nitrogens with zero attached hydrogens (tertiary/aromatic N) is 1. The van der Waals surface area contributed by atoms with Crippen LogP contribution in [0.1, 0.15) is 75.7 Å². The van der Waals surface area contributed by atoms with Crippen molar-refractivity contribution in [1.29, 1.82) is 0 Å². The topological polar surface area (TPSA) is 81.7 Å². The summed E-state index contributed by atoms with van der Waals surface area (Å²) in [5.74, 6) is 1.48. The van der Waals surface area contributed by atoms with Gasteiger partial charge in [-0.25, -0.2) is 4.98 Å². The third-order valence-corrected chi connectivity index (χ3v) is 7.19. The average molecular weight is 484 g/mol. The lowest BCUT2D eigenvalue weighted by atomic mass is 9.95. The molecule has 0 bridgehead atoms. The molecule has 2 heterocycles. The molecule has 0 radical (unpaired) electrons. The molecule has 1 aromatic carbocycles. The average Bonchev–Trinajstić information content (AvgIpc) is 3.26. The lowest BCUT2D eigenvalue weighted by Crippen LogP contribution is -2.50. The van der Waals surface area contributed by atoms with Gasteiger partial charge in [0.05, 0.1) is 12.7 Å². The number of nitrogens with one attached hydrogen (secondary N) is 2. The van der Waals surface area contributed by atoms with E-state index in [-0.39, 0.29) is 24.1 Å². The zero-order chi connectivity index (χ0) is 24.6. The maximum atomic E-state index is 13.5. The first-order chi connectivity index (χ1) is 17.1. The second-order valence-electron chi connectivity index (χ2n) is 10.2. The summed E-state index contributed by atoms with van der Waals surface area (Å²) >= 11 is 0. The Morgan fingerprint density at radius 3 is 2.57 bits per heavy atom. The van der Waals surface area contributed by atoms with Gasteiger partial charge in [-0.1, -0.05) is 32.8 Å². The summed E-state index contributed by atoms with van der Waals surface area (Å²) in [6.45, 7) is 6.15. The number of pyridine rings is 1. The Hall–Kier alpha value is -2.38. The minimum Gasteiger partial charge on any atom is -0.490 e. The van der Waals surface area contributed by atoms with Crippen LogP contribution in [0.4, 0.5) is 0 Å². The van der Waals surface area contributed by atoms with Crippen LogP contribution in [-0.2, 0) is 4.74 Å². The SMILES string of the molecule is COCCOc1cc(C(=O)N[C@@H](C(C)C)C2CCCN2)nc2c(OC3CCCCCC3)cccc12. The highest BCUT2D eigenvalue weighted by atomic mass is 16.5. The highest BCUT2D eigenvalue weighted by molar-refractivity contribution is 5.98. The van der Waals surface area contributed by atoms with E-state index in [4.69, 9.17) is 19.2 Å². The molecular formula is C28H41N3O4. The first-order valence-corrected chi connectivity index (χ1v) is 13.3. The number of fused-ring (bicyclic) bond motifs is 1. The smallest absolute Gasteiger partial charge is 0.270 e. The number of hydrogen-bond acceptors (Lipinski definition) is 6. The molecule has 1 aliphatic carbocycles. The number of para-hydroxylation sites is 1. The van der Waals surface area contributed by atoms with Crippen LogP contribution in [0.5, 0.6) is 11.5 Å². The Bertz CT molecular complexity index is 966. The van der Waals surface area contributed by atoms with Crippen molar-refractivity contribution in [3.63, 3.8) is 0 Å². The minimum absolute atomic E-state index is 0.0397. The van der Waals surface area contributed by atoms with Gasteiger partial charge in [-0.2, -0.15) is 0 Å². The lowest BCUT2D eigenvalue weighted by Gasteiger charge is -2.28. The molecule has 0 spiro atoms. The number of carbonyl (C=O) groups is 1. The zero-order valence-electron chi connectivity index (χ0n) is 21.5. The number of carbonyl (C=O) groups excluding carboxylic acids is 1. The van der Waals surface area contributed by atoms with Crippen molar-refractivity contribution in [2.24, 2.45) is 5.92 Å². The van der Waals surface area contributed by atoms with E-state index in [9.17, 15) is 4.79 Å². The van der Waals surface area contributed by atoms with Crippen LogP contribution in [0.3, 0.4) is 0 Å². The Balaban J connectivity index is 1.65. The van der Waals surface area contributed by atoms with E-state index in [1.165, 1.54) is 25.7 Å². The summed E-state index contributed by atoms with van der Waals surface area (Å²) < 4.78 is 17.7. The normalized spacial score (nSPS) is 20.1. The van der Waals surface area contributed by atoms with Crippen molar-refractivity contribution in [3.05, 3.63) is 30.0 Å². The van der Waals surface area contributed by atoms with E-state index in [0.717, 1.165) is 43.4 Å². The van der Waals surface area contributed by atoms with Gasteiger partial charge in [0.2, 0.25) is 0 Å². The molecule has 192 valence electrons. The maximum absolute atomic E-state index is 13.5. The van der Waals surface area contributed by atoms with Gasteiger partial charge in [0.15, 0.2) is 0 Å². The van der Waals surface area contributed by atoms with E-state index in [1.807, 2.05) is 18.2 Å². The summed E-state index contributed by atoms with van der Waals surface area (Å²) in [6, 6.07) is 7.98. The van der Waals surface area contributed by atoms with Gasteiger partial charge in [-0.3, -0.25) is 4.79 Å². The standard InChI is InChI=1S/C28H41N3O4/c1-19(2)26(22-13-9-15-29-22)31-28(32)23-18-25(34-17-16-33-3)21-12-8-14-24(27(21)30-23)35-20-10-6-4-5-7-11-20/h8,12,14,18-20,22,26,29H,4-7,9-11,13,15-17H2,1-3H3,(H,31,32)/t22?,26-/m0/s1. The van der Waals surface area contributed by atoms with Gasteiger partial charge in [0.1, 0.15) is 29.3 Å². The van der Waals surface area contributed by atoms with Crippen LogP contribution in [0, 0.1) is 5.92 Å². The molecule has 35 heavy (non-hydrogen) atoms. The fourth-order valence-electron chi connectivity index (χ4n) is 5.27. The number of rotatable bonds is 10. The van der Waals surface area contributed by atoms with Crippen LogP contribution in [0.2, 0.25) is 0 Å². The predicted octanol–water partition coefficient (Wildman–Crippen LogP) is 4.87. The number of methoxy groups -OCH3 is 1. The van der Waals surface area contributed by atoms with E-state index in [2.05, 4.69) is 24.5 Å². The van der Waals surface area contributed by atoms with Gasteiger partial charge < -0.3 is 24.8 Å². The van der Waals surface area contributed by atoms with Crippen molar-refractivity contribution < 1.29 is 19.0 Å². The van der Waals surface area contributed by atoms with Crippen molar-refractivity contribution in [2.45, 2.75) is 83.4 Å². The molecule has 7 heteroatoms. The molecule has 2 fully saturated rings. The van der Waals surface area contributed by atoms with E-state index < -0.39 is 0 Å². The van der Waals surface area contributed by atoms with Crippen LogP contribution in [-0.4, -0.2) is 55.9 Å². The summed E-state index contributed by atoms with van der Waals surface area (Å²) in [4.78, 5) is 18.3. The van der Waals surface area contributed by atoms with Crippen molar-refractivity contribution in [1.82, 2.24) is 15.6 Å². The van der Waals surface area contributed by atoms with Gasteiger partial charge >= 0.3 is 0 Å². The number of aromatic nitrogens is 1. The molecule has 2 aromatic rings. The summed E-state index contributed by atoms with van der Waals surface area (Å²) in [6.07, 6.45) is 9.40. The first kappa shape index (κ1) is 25.7. The summed E-state index contributed by atoms with van der Waals surface area (Å²) in [5.41, 5.74) is 1.03. The predicted molar refractivity (Wildman–Crippen MR) is 138 cm³/mol. The summed E-state index contributed by atoms with van der Waals surface area (Å²) in [5, 5.41) is 7.64. The van der Waals surface area contributed by atoms with Crippen LogP contribution < -0.4 is 20.1 Å². The molecule has 2 aliphatic rings. The van der Waals surface area contributed by atoms with Crippen LogP contribution in [0.25, 0.3) is 10.9 Å². The third kappa shape index (κ3) is 6.64. The molecule has 1 unspecified atom stereocenters. The highest BCUT2D eigenvalue weighted by Crippen LogP contribution is 2.34. The Kier molecular flexibility index (Phi) is 9.21. The molecule has 1 amide bonds. The second kappa shape index (κ2) is 12.5. The molecule has 7 nitrogen and oxygen atoms in total. The first-order valence-electron chi connectivity index (χ1n) is 13.3. The Morgan fingerprint density at radius 1 is 1.09 bits per heavy atom. The molecule has 2 N–H and O–H groups in total. The lowest BCUT2D eigenvalue weighted by molar-refractivity contribution is 0.0909. The fourth-order valence-corrected chi connectivity index (χ4v) is 5.27. The highest BCUT2D eigenvalue weighted by Gasteiger charge is 2.29. The number of benzene rings is 1. The molecule has 2 atom stereocenters. The van der Waals surface area contributed by atoms with E-state index in [0.29, 0.717) is 36.1 Å². The second-order valence-corrected chi connectivity index (χ2v) is 10.2. The molecule has 1 saturated heterocycles. The number of hydrogen-bond donors (Lipinski definition) is 2. The molecular weight excluding hydrogens is 442 g/mol. The van der Waals surface area contributed by atoms with Gasteiger partial charge in [-0.15, -0.1) is 0 Å². The van der Waals surface area contributed by atoms with Gasteiger partial charge in [-0.05, 0) is 63.1 Å². The molecule has 1 aliphatic heterocycles. The van der Waals surface area contributed by atoms with Crippen LogP contribution >= 0.6 is 0 Å². The van der Waals surface area contributed by atoms with E-state index >= 15 is 0 Å². The monoisotopic (exact) mass is 483 g/mol. The van der Waals surface area contributed by atoms with E-state index in [1.54, 1.807) is 13.2 Å². The van der Waals surface area contributed by atoms with Gasteiger partial charge in [0, 0.05) is 30.6 Å². The van der Waals surface area contributed by atoms with Gasteiger partial charge in [0.25, 0.3) is 5.91 Å². The Morgan fingerprint density at radius 2 is 1.89 bits per heavy atom. The van der Waals surface area contributed by atoms with Crippen molar-refractivity contribution >= 4 is 16.8 Å². The summed E-state index contributed by atoms with van der Waals surface area (Å²) in [7, 11) is 1.65. The fraction of sp³-hybridized carbons (Fsp3) is 0.643. The quantitative estimate of drug-likeness (QED) is 0.371. The molecule has 4 rings (SSSR count).